The number of nitrogens with zero attached hydrogens (tertiary/aromatic N) is 1. The predicted octanol–water partition coefficient (Wildman–Crippen LogP) is 1.04. The topological polar surface area (TPSA) is 92.9 Å². The molecule has 1 unspecified atom stereocenters. The summed E-state index contributed by atoms with van der Waals surface area (Å²) in [6.07, 6.45) is 0. The molecule has 6 nitrogen and oxygen atoms in total. The molecule has 1 aromatic rings. The lowest BCUT2D eigenvalue weighted by molar-refractivity contribution is 0.508. The van der Waals surface area contributed by atoms with Crippen molar-refractivity contribution in [1.29, 1.82) is 0 Å². The fourth-order valence-corrected chi connectivity index (χ4v) is 4.79. The van der Waals surface area contributed by atoms with Crippen molar-refractivity contribution in [3.63, 3.8) is 0 Å². The molecule has 1 aromatic heterocycles. The highest BCUT2D eigenvalue weighted by molar-refractivity contribution is 8.06. The maximum absolute atomic E-state index is 11.9. The molecule has 0 aliphatic carbocycles. The zero-order valence-electron chi connectivity index (χ0n) is 12.3. The van der Waals surface area contributed by atoms with E-state index in [2.05, 4.69) is 10.3 Å². The summed E-state index contributed by atoms with van der Waals surface area (Å²) in [4.78, 5) is 26.1. The number of hydrogen-bond donors (Lipinski definition) is 3. The van der Waals surface area contributed by atoms with E-state index in [-0.39, 0.29) is 11.7 Å². The summed E-state index contributed by atoms with van der Waals surface area (Å²) in [7, 11) is 0. The van der Waals surface area contributed by atoms with E-state index in [1.54, 1.807) is 0 Å². The van der Waals surface area contributed by atoms with E-state index in [0.29, 0.717) is 24.0 Å². The Morgan fingerprint density at radius 2 is 2.19 bits per heavy atom. The van der Waals surface area contributed by atoms with Gasteiger partial charge in [-0.3, -0.25) is 14.3 Å². The van der Waals surface area contributed by atoms with Gasteiger partial charge in [0.05, 0.1) is 0 Å². The average molecular weight is 330 g/mol. The second-order valence-corrected chi connectivity index (χ2v) is 8.03. The van der Waals surface area contributed by atoms with E-state index >= 15 is 0 Å². The molecule has 21 heavy (non-hydrogen) atoms. The van der Waals surface area contributed by atoms with Crippen molar-refractivity contribution in [1.82, 2.24) is 9.55 Å². The molecule has 0 bridgehead atoms. The Labute approximate surface area is 132 Å². The van der Waals surface area contributed by atoms with E-state index < -0.39 is 11.2 Å². The van der Waals surface area contributed by atoms with E-state index in [9.17, 15) is 9.59 Å². The third-order valence-corrected chi connectivity index (χ3v) is 6.02. The smallest absolute Gasteiger partial charge is 0.330 e. The molecule has 8 heteroatoms. The first-order chi connectivity index (χ1) is 9.99. The maximum atomic E-state index is 11.9. The second kappa shape index (κ2) is 7.31. The molecule has 1 atom stereocenters. The number of rotatable bonds is 5. The van der Waals surface area contributed by atoms with Crippen LogP contribution in [0, 0.1) is 5.92 Å². The van der Waals surface area contributed by atoms with Crippen molar-refractivity contribution in [2.45, 2.75) is 25.6 Å². The summed E-state index contributed by atoms with van der Waals surface area (Å²) in [5.41, 5.74) is 5.44. The van der Waals surface area contributed by atoms with Gasteiger partial charge in [0.1, 0.15) is 11.5 Å². The monoisotopic (exact) mass is 330 g/mol. The van der Waals surface area contributed by atoms with Gasteiger partial charge >= 0.3 is 5.69 Å². The van der Waals surface area contributed by atoms with Crippen LogP contribution in [0.25, 0.3) is 0 Å². The Morgan fingerprint density at radius 3 is 2.81 bits per heavy atom. The van der Waals surface area contributed by atoms with Gasteiger partial charge in [-0.2, -0.15) is 23.5 Å². The zero-order chi connectivity index (χ0) is 15.4. The summed E-state index contributed by atoms with van der Waals surface area (Å²) in [6, 6.07) is 0. The standard InChI is InChI=1S/C13H22N4O2S2/c1-8(2)6-17-11(14)10(12(18)16-13(17)19)15-5-9-7-20-3-4-21-9/h8-9,15H,3-7,14H2,1-2H3,(H,16,18,19). The van der Waals surface area contributed by atoms with Gasteiger partial charge in [0.15, 0.2) is 0 Å². The first kappa shape index (κ1) is 16.4. The fourth-order valence-electron chi connectivity index (χ4n) is 2.18. The number of aromatic nitrogens is 2. The average Bonchev–Trinajstić information content (AvgIpc) is 2.44. The van der Waals surface area contributed by atoms with Crippen LogP contribution in [0.2, 0.25) is 0 Å². The van der Waals surface area contributed by atoms with Crippen LogP contribution < -0.4 is 22.3 Å². The Hall–Kier alpha value is -1.02. The maximum Gasteiger partial charge on any atom is 0.330 e. The molecular formula is C13H22N4O2S2. The van der Waals surface area contributed by atoms with Gasteiger partial charge in [-0.25, -0.2) is 4.79 Å². The molecule has 4 N–H and O–H groups in total. The Morgan fingerprint density at radius 1 is 1.43 bits per heavy atom. The normalized spacial score (nSPS) is 18.9. The third kappa shape index (κ3) is 4.23. The van der Waals surface area contributed by atoms with Crippen LogP contribution in [0.3, 0.4) is 0 Å². The third-order valence-electron chi connectivity index (χ3n) is 3.18. The Balaban J connectivity index is 2.18. The van der Waals surface area contributed by atoms with Gasteiger partial charge in [0.25, 0.3) is 5.56 Å². The largest absolute Gasteiger partial charge is 0.383 e. The highest BCUT2D eigenvalue weighted by Gasteiger charge is 2.17. The van der Waals surface area contributed by atoms with E-state index in [4.69, 9.17) is 5.73 Å². The number of aromatic amines is 1. The number of H-pyrrole nitrogens is 1. The number of nitrogens with two attached hydrogens (primary N) is 1. The summed E-state index contributed by atoms with van der Waals surface area (Å²) >= 11 is 3.83. The molecule has 2 rings (SSSR count). The zero-order valence-corrected chi connectivity index (χ0v) is 14.0. The lowest BCUT2D eigenvalue weighted by atomic mass is 10.2. The quantitative estimate of drug-likeness (QED) is 0.747. The number of thioether (sulfide) groups is 2. The van der Waals surface area contributed by atoms with E-state index in [1.807, 2.05) is 37.4 Å². The fraction of sp³-hybridized carbons (Fsp3) is 0.692. The van der Waals surface area contributed by atoms with Crippen LogP contribution in [0.15, 0.2) is 9.59 Å². The molecule has 1 aliphatic rings. The minimum Gasteiger partial charge on any atom is -0.383 e. The Kier molecular flexibility index (Phi) is 5.69. The lowest BCUT2D eigenvalue weighted by Gasteiger charge is -2.22. The Bertz CT molecular complexity index is 591. The van der Waals surface area contributed by atoms with Crippen LogP contribution in [-0.4, -0.2) is 38.6 Å². The van der Waals surface area contributed by atoms with Crippen LogP contribution in [0.4, 0.5) is 11.5 Å². The summed E-state index contributed by atoms with van der Waals surface area (Å²) in [5.74, 6) is 3.89. The van der Waals surface area contributed by atoms with Crippen molar-refractivity contribution in [3.05, 3.63) is 20.8 Å². The van der Waals surface area contributed by atoms with Crippen LogP contribution in [-0.2, 0) is 6.54 Å². The molecule has 1 aliphatic heterocycles. The minimum absolute atomic E-state index is 0.228. The summed E-state index contributed by atoms with van der Waals surface area (Å²) in [6.45, 7) is 5.18. The van der Waals surface area contributed by atoms with Gasteiger partial charge < -0.3 is 11.1 Å². The predicted molar refractivity (Wildman–Crippen MR) is 92.6 cm³/mol. The molecule has 2 heterocycles. The van der Waals surface area contributed by atoms with Crippen molar-refractivity contribution in [2.75, 3.05) is 34.9 Å². The first-order valence-electron chi connectivity index (χ1n) is 7.05. The minimum atomic E-state index is -0.445. The lowest BCUT2D eigenvalue weighted by Crippen LogP contribution is -2.36. The number of hydrogen-bond acceptors (Lipinski definition) is 6. The molecule has 0 radical (unpaired) electrons. The van der Waals surface area contributed by atoms with Crippen molar-refractivity contribution in [3.8, 4) is 0 Å². The van der Waals surface area contributed by atoms with Gasteiger partial charge in [-0.05, 0) is 5.92 Å². The number of nitrogen functional groups attached to an aromatic ring is 1. The number of anilines is 2. The van der Waals surface area contributed by atoms with Gasteiger partial charge in [-0.1, -0.05) is 13.8 Å². The molecule has 0 saturated carbocycles. The number of nitrogens with one attached hydrogen (secondary N) is 2. The van der Waals surface area contributed by atoms with Crippen LogP contribution in [0.1, 0.15) is 13.8 Å². The molecular weight excluding hydrogens is 308 g/mol. The van der Waals surface area contributed by atoms with E-state index in [1.165, 1.54) is 10.3 Å². The summed E-state index contributed by atoms with van der Waals surface area (Å²) < 4.78 is 1.43. The van der Waals surface area contributed by atoms with Crippen molar-refractivity contribution < 1.29 is 0 Å². The van der Waals surface area contributed by atoms with Crippen molar-refractivity contribution in [2.24, 2.45) is 5.92 Å². The molecule has 0 aromatic carbocycles. The van der Waals surface area contributed by atoms with Gasteiger partial charge in [0.2, 0.25) is 0 Å². The molecule has 1 fully saturated rings. The first-order valence-corrected chi connectivity index (χ1v) is 9.25. The molecule has 0 spiro atoms. The second-order valence-electron chi connectivity index (χ2n) is 5.47. The highest BCUT2D eigenvalue weighted by Crippen LogP contribution is 2.24. The molecule has 118 valence electrons. The van der Waals surface area contributed by atoms with Gasteiger partial charge in [0, 0.05) is 35.6 Å². The van der Waals surface area contributed by atoms with Crippen molar-refractivity contribution >= 4 is 35.0 Å². The van der Waals surface area contributed by atoms with Crippen LogP contribution >= 0.6 is 23.5 Å². The van der Waals surface area contributed by atoms with Crippen LogP contribution in [0.5, 0.6) is 0 Å². The van der Waals surface area contributed by atoms with E-state index in [0.717, 1.165) is 11.5 Å². The van der Waals surface area contributed by atoms with Gasteiger partial charge in [-0.15, -0.1) is 0 Å². The highest BCUT2D eigenvalue weighted by atomic mass is 32.2. The molecule has 0 amide bonds. The molecule has 1 saturated heterocycles. The summed E-state index contributed by atoms with van der Waals surface area (Å²) in [5, 5.41) is 3.59. The SMILES string of the molecule is CC(C)Cn1c(N)c(NCC2CSCCS2)c(=O)[nH]c1=O.